The Hall–Kier alpha value is -0.220. The summed E-state index contributed by atoms with van der Waals surface area (Å²) in [5.41, 5.74) is 0. The Morgan fingerprint density at radius 3 is 2.60 bits per heavy atom. The molecule has 0 amide bonds. The van der Waals surface area contributed by atoms with E-state index >= 15 is 0 Å². The predicted octanol–water partition coefficient (Wildman–Crippen LogP) is 0.616. The van der Waals surface area contributed by atoms with Gasteiger partial charge in [0.1, 0.15) is 0 Å². The van der Waals surface area contributed by atoms with Crippen molar-refractivity contribution in [2.24, 2.45) is 0 Å². The Morgan fingerprint density at radius 2 is 2.10 bits per heavy atom. The van der Waals surface area contributed by atoms with E-state index in [4.69, 9.17) is 10.1 Å². The van der Waals surface area contributed by atoms with Crippen molar-refractivity contribution in [1.82, 2.24) is 4.90 Å². The van der Waals surface area contributed by atoms with Crippen molar-refractivity contribution >= 4 is 16.9 Å². The number of hydrogen-bond donors (Lipinski definition) is 1. The first-order valence-corrected chi connectivity index (χ1v) is 4.52. The first-order valence-electron chi connectivity index (χ1n) is 3.30. The van der Waals surface area contributed by atoms with E-state index in [0.29, 0.717) is 5.17 Å². The molecule has 1 aliphatic rings. The zero-order valence-corrected chi connectivity index (χ0v) is 6.91. The van der Waals surface area contributed by atoms with E-state index in [-0.39, 0.29) is 0 Å². The Morgan fingerprint density at radius 1 is 1.50 bits per heavy atom. The van der Waals surface area contributed by atoms with Crippen molar-refractivity contribution in [3.05, 3.63) is 0 Å². The topological polar surface area (TPSA) is 36.3 Å². The van der Waals surface area contributed by atoms with E-state index < -0.39 is 0 Å². The quantitative estimate of drug-likeness (QED) is 0.417. The van der Waals surface area contributed by atoms with Gasteiger partial charge in [0.15, 0.2) is 5.17 Å². The molecule has 0 aliphatic carbocycles. The van der Waals surface area contributed by atoms with Crippen LogP contribution in [-0.4, -0.2) is 42.6 Å². The van der Waals surface area contributed by atoms with Crippen LogP contribution in [0.5, 0.6) is 0 Å². The van der Waals surface area contributed by atoms with Gasteiger partial charge < -0.3 is 9.64 Å². The highest BCUT2D eigenvalue weighted by Gasteiger charge is 2.11. The van der Waals surface area contributed by atoms with Crippen LogP contribution in [0, 0.1) is 5.41 Å². The summed E-state index contributed by atoms with van der Waals surface area (Å²) in [7, 11) is 0. The molecule has 1 N–H and O–H groups in total. The average Bonchev–Trinajstić information content (AvgIpc) is 2.05. The largest absolute Gasteiger partial charge is 0.378 e. The lowest BCUT2D eigenvalue weighted by Crippen LogP contribution is -2.38. The molecule has 4 heteroatoms. The second-order valence-corrected chi connectivity index (χ2v) is 2.90. The van der Waals surface area contributed by atoms with Crippen LogP contribution in [0.1, 0.15) is 0 Å². The molecule has 0 saturated carbocycles. The maximum absolute atomic E-state index is 7.47. The van der Waals surface area contributed by atoms with Gasteiger partial charge in [0.25, 0.3) is 0 Å². The molecule has 1 aliphatic heterocycles. The van der Waals surface area contributed by atoms with Crippen LogP contribution >= 0.6 is 11.8 Å². The zero-order valence-electron chi connectivity index (χ0n) is 6.09. The number of nitrogens with zero attached hydrogens (tertiary/aromatic N) is 1. The standard InChI is InChI=1S/C6H12N2OS/c1-10-6(7)8-2-4-9-5-3-8/h7H,2-5H2,1H3. The zero-order chi connectivity index (χ0) is 7.40. The minimum absolute atomic E-state index is 0.656. The van der Waals surface area contributed by atoms with E-state index in [1.165, 1.54) is 11.8 Å². The fourth-order valence-electron chi connectivity index (χ4n) is 0.896. The highest BCUT2D eigenvalue weighted by Crippen LogP contribution is 2.04. The number of morpholine rings is 1. The molecule has 0 spiro atoms. The van der Waals surface area contributed by atoms with Crippen LogP contribution < -0.4 is 0 Å². The molecule has 1 saturated heterocycles. The van der Waals surface area contributed by atoms with Crippen molar-refractivity contribution in [2.45, 2.75) is 0 Å². The summed E-state index contributed by atoms with van der Waals surface area (Å²) in [4.78, 5) is 2.04. The summed E-state index contributed by atoms with van der Waals surface area (Å²) in [6.45, 7) is 3.28. The van der Waals surface area contributed by atoms with Crippen molar-refractivity contribution in [3.8, 4) is 0 Å². The molecule has 1 heterocycles. The molecule has 1 fully saturated rings. The number of thioether (sulfide) groups is 1. The van der Waals surface area contributed by atoms with Gasteiger partial charge in [0.05, 0.1) is 13.2 Å². The monoisotopic (exact) mass is 160 g/mol. The van der Waals surface area contributed by atoms with E-state index in [1.54, 1.807) is 0 Å². The maximum Gasteiger partial charge on any atom is 0.156 e. The molecule has 10 heavy (non-hydrogen) atoms. The number of ether oxygens (including phenoxy) is 1. The average molecular weight is 160 g/mol. The van der Waals surface area contributed by atoms with E-state index in [2.05, 4.69) is 0 Å². The van der Waals surface area contributed by atoms with Gasteiger partial charge in [-0.1, -0.05) is 11.8 Å². The Kier molecular flexibility index (Phi) is 3.02. The van der Waals surface area contributed by atoms with Crippen LogP contribution in [-0.2, 0) is 4.74 Å². The third-order valence-corrected chi connectivity index (χ3v) is 2.14. The van der Waals surface area contributed by atoms with E-state index in [0.717, 1.165) is 26.3 Å². The third kappa shape index (κ3) is 1.88. The molecule has 3 nitrogen and oxygen atoms in total. The summed E-state index contributed by atoms with van der Waals surface area (Å²) in [5.74, 6) is 0. The molecule has 0 radical (unpaired) electrons. The van der Waals surface area contributed by atoms with Gasteiger partial charge in [-0.3, -0.25) is 5.41 Å². The number of amidine groups is 1. The Labute approximate surface area is 65.2 Å². The van der Waals surface area contributed by atoms with E-state index in [1.807, 2.05) is 11.2 Å². The molecule has 58 valence electrons. The molecule has 0 unspecified atom stereocenters. The summed E-state index contributed by atoms with van der Waals surface area (Å²) < 4.78 is 5.15. The highest BCUT2D eigenvalue weighted by atomic mass is 32.2. The van der Waals surface area contributed by atoms with Crippen molar-refractivity contribution < 1.29 is 4.74 Å². The Balaban J connectivity index is 2.31. The van der Waals surface area contributed by atoms with Gasteiger partial charge >= 0.3 is 0 Å². The lowest BCUT2D eigenvalue weighted by atomic mass is 10.5. The first kappa shape index (κ1) is 7.88. The van der Waals surface area contributed by atoms with Crippen LogP contribution in [0.3, 0.4) is 0 Å². The van der Waals surface area contributed by atoms with Gasteiger partial charge in [-0.15, -0.1) is 0 Å². The maximum atomic E-state index is 7.47. The second kappa shape index (κ2) is 3.83. The Bertz CT molecular complexity index is 123. The molecule has 0 aromatic rings. The van der Waals surface area contributed by atoms with Gasteiger partial charge in [0, 0.05) is 13.1 Å². The van der Waals surface area contributed by atoms with Crippen LogP contribution in [0.2, 0.25) is 0 Å². The van der Waals surface area contributed by atoms with Crippen LogP contribution in [0.15, 0.2) is 0 Å². The third-order valence-electron chi connectivity index (χ3n) is 1.49. The van der Waals surface area contributed by atoms with Gasteiger partial charge in [-0.2, -0.15) is 0 Å². The first-order chi connectivity index (χ1) is 4.84. The lowest BCUT2D eigenvalue weighted by Gasteiger charge is -2.27. The number of rotatable bonds is 0. The van der Waals surface area contributed by atoms with Gasteiger partial charge in [0.2, 0.25) is 0 Å². The summed E-state index contributed by atoms with van der Waals surface area (Å²) in [6, 6.07) is 0. The fraction of sp³-hybridized carbons (Fsp3) is 0.833. The minimum Gasteiger partial charge on any atom is -0.378 e. The van der Waals surface area contributed by atoms with Gasteiger partial charge in [-0.05, 0) is 6.26 Å². The minimum atomic E-state index is 0.656. The molecule has 0 aromatic carbocycles. The SMILES string of the molecule is CSC(=N)N1CCOCC1. The predicted molar refractivity (Wildman–Crippen MR) is 43.6 cm³/mol. The molecular formula is C6H12N2OS. The normalized spacial score (nSPS) is 19.1. The second-order valence-electron chi connectivity index (χ2n) is 2.11. The lowest BCUT2D eigenvalue weighted by molar-refractivity contribution is 0.0691. The number of nitrogens with one attached hydrogen (secondary N) is 1. The number of hydrogen-bond acceptors (Lipinski definition) is 3. The molecule has 0 bridgehead atoms. The summed E-state index contributed by atoms with van der Waals surface area (Å²) >= 11 is 1.48. The highest BCUT2D eigenvalue weighted by molar-refractivity contribution is 8.13. The molecule has 1 rings (SSSR count). The van der Waals surface area contributed by atoms with E-state index in [9.17, 15) is 0 Å². The summed E-state index contributed by atoms with van der Waals surface area (Å²) in [6.07, 6.45) is 1.93. The van der Waals surface area contributed by atoms with Gasteiger partial charge in [-0.25, -0.2) is 0 Å². The van der Waals surface area contributed by atoms with Crippen molar-refractivity contribution in [1.29, 1.82) is 5.41 Å². The molecular weight excluding hydrogens is 148 g/mol. The van der Waals surface area contributed by atoms with Crippen molar-refractivity contribution in [2.75, 3.05) is 32.6 Å². The van der Waals surface area contributed by atoms with Crippen molar-refractivity contribution in [3.63, 3.8) is 0 Å². The molecule has 0 atom stereocenters. The smallest absolute Gasteiger partial charge is 0.156 e. The molecule has 0 aromatic heterocycles. The van der Waals surface area contributed by atoms with Crippen LogP contribution in [0.25, 0.3) is 0 Å². The summed E-state index contributed by atoms with van der Waals surface area (Å²) in [5, 5.41) is 8.12. The van der Waals surface area contributed by atoms with Crippen LogP contribution in [0.4, 0.5) is 0 Å². The fourth-order valence-corrected chi connectivity index (χ4v) is 1.34.